The van der Waals surface area contributed by atoms with Crippen LogP contribution in [0.5, 0.6) is 0 Å². The molecular weight excluding hydrogens is 160 g/mol. The first kappa shape index (κ1) is 11.0. The van der Waals surface area contributed by atoms with Crippen molar-refractivity contribution in [3.63, 3.8) is 0 Å². The fraction of sp³-hybridized carbons (Fsp3) is 1.00. The lowest BCUT2D eigenvalue weighted by Gasteiger charge is -2.26. The molecule has 1 aliphatic heterocycles. The molecule has 0 aliphatic carbocycles. The Hall–Kier alpha value is -0.0800. The van der Waals surface area contributed by atoms with Crippen molar-refractivity contribution in [3.8, 4) is 0 Å². The van der Waals surface area contributed by atoms with Crippen LogP contribution in [0, 0.1) is 11.8 Å². The largest absolute Gasteiger partial charge is 0.330 e. The number of hydrogen-bond acceptors (Lipinski definition) is 2. The van der Waals surface area contributed by atoms with Gasteiger partial charge in [-0.25, -0.2) is 0 Å². The normalized spacial score (nSPS) is 28.4. The van der Waals surface area contributed by atoms with Crippen molar-refractivity contribution in [2.24, 2.45) is 17.6 Å². The van der Waals surface area contributed by atoms with Crippen molar-refractivity contribution < 1.29 is 0 Å². The summed E-state index contributed by atoms with van der Waals surface area (Å²) in [6.45, 7) is 5.67. The molecule has 2 heteroatoms. The number of hydrogen-bond donors (Lipinski definition) is 1. The molecule has 0 aromatic heterocycles. The van der Waals surface area contributed by atoms with Crippen LogP contribution in [0.3, 0.4) is 0 Å². The van der Waals surface area contributed by atoms with Gasteiger partial charge in [-0.05, 0) is 44.8 Å². The molecule has 0 aromatic carbocycles. The minimum absolute atomic E-state index is 0.751. The molecule has 0 radical (unpaired) electrons. The first-order valence-corrected chi connectivity index (χ1v) is 5.66. The highest BCUT2D eigenvalue weighted by molar-refractivity contribution is 4.75. The third kappa shape index (κ3) is 3.28. The Balaban J connectivity index is 2.45. The molecule has 0 spiro atoms. The van der Waals surface area contributed by atoms with Gasteiger partial charge in [-0.15, -0.1) is 0 Å². The molecule has 1 rings (SSSR count). The van der Waals surface area contributed by atoms with Crippen LogP contribution in [0.25, 0.3) is 0 Å². The van der Waals surface area contributed by atoms with Gasteiger partial charge >= 0.3 is 0 Å². The topological polar surface area (TPSA) is 29.3 Å². The Labute approximate surface area is 82.5 Å². The average Bonchev–Trinajstić information content (AvgIpc) is 2.32. The highest BCUT2D eigenvalue weighted by Crippen LogP contribution is 2.24. The van der Waals surface area contributed by atoms with E-state index in [0.29, 0.717) is 0 Å². The van der Waals surface area contributed by atoms with E-state index >= 15 is 0 Å². The highest BCUT2D eigenvalue weighted by atomic mass is 15.1. The molecule has 1 fully saturated rings. The molecule has 78 valence electrons. The molecule has 2 nitrogen and oxygen atoms in total. The second-order valence-corrected chi connectivity index (χ2v) is 4.42. The third-order valence-corrected chi connectivity index (χ3v) is 3.40. The minimum atomic E-state index is 0.751. The standard InChI is InChI=1S/C11H24N2/c1-3-10(8-12)11-6-4-5-7-13(2)9-11/h10-11H,3-9,12H2,1-2H3. The van der Waals surface area contributed by atoms with Crippen LogP contribution in [0.15, 0.2) is 0 Å². The Morgan fingerprint density at radius 3 is 2.85 bits per heavy atom. The highest BCUT2D eigenvalue weighted by Gasteiger charge is 2.21. The summed E-state index contributed by atoms with van der Waals surface area (Å²) in [5, 5.41) is 0. The molecule has 2 unspecified atom stereocenters. The zero-order valence-electron chi connectivity index (χ0n) is 9.13. The summed E-state index contributed by atoms with van der Waals surface area (Å²) >= 11 is 0. The molecule has 0 bridgehead atoms. The summed E-state index contributed by atoms with van der Waals surface area (Å²) in [5.41, 5.74) is 5.79. The van der Waals surface area contributed by atoms with E-state index in [2.05, 4.69) is 18.9 Å². The quantitative estimate of drug-likeness (QED) is 0.723. The van der Waals surface area contributed by atoms with Gasteiger partial charge in [0, 0.05) is 6.54 Å². The van der Waals surface area contributed by atoms with E-state index in [9.17, 15) is 0 Å². The lowest BCUT2D eigenvalue weighted by molar-refractivity contribution is 0.233. The summed E-state index contributed by atoms with van der Waals surface area (Å²) < 4.78 is 0. The first-order valence-electron chi connectivity index (χ1n) is 5.66. The van der Waals surface area contributed by atoms with Crippen molar-refractivity contribution >= 4 is 0 Å². The molecule has 1 aliphatic rings. The first-order chi connectivity index (χ1) is 6.27. The molecule has 0 amide bonds. The molecular formula is C11H24N2. The van der Waals surface area contributed by atoms with Gasteiger partial charge in [-0.1, -0.05) is 19.8 Å². The zero-order chi connectivity index (χ0) is 9.68. The molecule has 1 saturated heterocycles. The fourth-order valence-electron chi connectivity index (χ4n) is 2.45. The maximum Gasteiger partial charge on any atom is 0.000973 e. The van der Waals surface area contributed by atoms with Gasteiger partial charge in [0.05, 0.1) is 0 Å². The molecule has 0 aromatic rings. The van der Waals surface area contributed by atoms with E-state index in [1.807, 2.05) is 0 Å². The summed E-state index contributed by atoms with van der Waals surface area (Å²) in [4.78, 5) is 2.47. The molecule has 13 heavy (non-hydrogen) atoms. The second kappa shape index (κ2) is 5.61. The van der Waals surface area contributed by atoms with Gasteiger partial charge in [-0.2, -0.15) is 0 Å². The number of nitrogens with zero attached hydrogens (tertiary/aromatic N) is 1. The van der Waals surface area contributed by atoms with E-state index in [1.54, 1.807) is 0 Å². The van der Waals surface area contributed by atoms with Crippen molar-refractivity contribution in [3.05, 3.63) is 0 Å². The number of likely N-dealkylation sites (tertiary alicyclic amines) is 1. The Morgan fingerprint density at radius 2 is 2.23 bits per heavy atom. The Morgan fingerprint density at radius 1 is 1.46 bits per heavy atom. The van der Waals surface area contributed by atoms with Crippen LogP contribution in [0.4, 0.5) is 0 Å². The van der Waals surface area contributed by atoms with Crippen LogP contribution < -0.4 is 5.73 Å². The van der Waals surface area contributed by atoms with E-state index in [0.717, 1.165) is 18.4 Å². The van der Waals surface area contributed by atoms with Crippen LogP contribution in [0.2, 0.25) is 0 Å². The summed E-state index contributed by atoms with van der Waals surface area (Å²) in [5.74, 6) is 1.60. The van der Waals surface area contributed by atoms with E-state index in [1.165, 1.54) is 38.8 Å². The van der Waals surface area contributed by atoms with Gasteiger partial charge in [0.15, 0.2) is 0 Å². The smallest absolute Gasteiger partial charge is 0.000973 e. The summed E-state index contributed by atoms with van der Waals surface area (Å²) in [6.07, 6.45) is 5.40. The summed E-state index contributed by atoms with van der Waals surface area (Å²) in [6, 6.07) is 0. The minimum Gasteiger partial charge on any atom is -0.330 e. The van der Waals surface area contributed by atoms with Crippen molar-refractivity contribution in [1.29, 1.82) is 0 Å². The van der Waals surface area contributed by atoms with Gasteiger partial charge in [0.1, 0.15) is 0 Å². The predicted octanol–water partition coefficient (Wildman–Crippen LogP) is 1.70. The van der Waals surface area contributed by atoms with Gasteiger partial charge in [-0.3, -0.25) is 0 Å². The SMILES string of the molecule is CCC(CN)C1CCCCN(C)C1. The van der Waals surface area contributed by atoms with Crippen LogP contribution >= 0.6 is 0 Å². The van der Waals surface area contributed by atoms with Crippen LogP contribution in [-0.2, 0) is 0 Å². The molecule has 2 atom stereocenters. The molecule has 0 saturated carbocycles. The van der Waals surface area contributed by atoms with E-state index in [-0.39, 0.29) is 0 Å². The van der Waals surface area contributed by atoms with Crippen LogP contribution in [0.1, 0.15) is 32.6 Å². The second-order valence-electron chi connectivity index (χ2n) is 4.42. The molecule has 2 N–H and O–H groups in total. The predicted molar refractivity (Wildman–Crippen MR) is 57.7 cm³/mol. The van der Waals surface area contributed by atoms with Gasteiger partial charge in [0.25, 0.3) is 0 Å². The lowest BCUT2D eigenvalue weighted by atomic mass is 9.86. The van der Waals surface area contributed by atoms with Crippen molar-refractivity contribution in [2.45, 2.75) is 32.6 Å². The fourth-order valence-corrected chi connectivity index (χ4v) is 2.45. The van der Waals surface area contributed by atoms with Crippen LogP contribution in [-0.4, -0.2) is 31.6 Å². The Kier molecular flexibility index (Phi) is 4.74. The van der Waals surface area contributed by atoms with Gasteiger partial charge in [0.2, 0.25) is 0 Å². The maximum absolute atomic E-state index is 5.79. The van der Waals surface area contributed by atoms with Crippen molar-refractivity contribution in [2.75, 3.05) is 26.7 Å². The Bertz CT molecular complexity index is 132. The lowest BCUT2D eigenvalue weighted by Crippen LogP contribution is -2.31. The van der Waals surface area contributed by atoms with Gasteiger partial charge < -0.3 is 10.6 Å². The average molecular weight is 184 g/mol. The maximum atomic E-state index is 5.79. The third-order valence-electron chi connectivity index (χ3n) is 3.40. The van der Waals surface area contributed by atoms with E-state index < -0.39 is 0 Å². The summed E-state index contributed by atoms with van der Waals surface area (Å²) in [7, 11) is 2.24. The zero-order valence-corrected chi connectivity index (χ0v) is 9.13. The molecule has 1 heterocycles. The van der Waals surface area contributed by atoms with Crippen molar-refractivity contribution in [1.82, 2.24) is 4.90 Å². The van der Waals surface area contributed by atoms with E-state index in [4.69, 9.17) is 5.73 Å². The number of rotatable bonds is 3. The monoisotopic (exact) mass is 184 g/mol. The number of nitrogens with two attached hydrogens (primary N) is 1.